The molecule has 17 atom stereocenters. The zero-order valence-electron chi connectivity index (χ0n) is 75.8. The van der Waals surface area contributed by atoms with Gasteiger partial charge in [-0.2, -0.15) is 0 Å². The first-order valence-corrected chi connectivity index (χ1v) is 49.7. The summed E-state index contributed by atoms with van der Waals surface area (Å²) in [5.74, 6) is -9.80. The molecule has 6 aromatic rings. The average molecular weight is 1930 g/mol. The Bertz CT molecular complexity index is 5260. The van der Waals surface area contributed by atoms with Crippen molar-refractivity contribution in [1.82, 2.24) is 52.4 Å². The van der Waals surface area contributed by atoms with Crippen molar-refractivity contribution < 1.29 is 96.5 Å². The summed E-state index contributed by atoms with van der Waals surface area (Å²) in [5, 5.41) is 57.0. The number of nitrogens with two attached hydrogens (primary N) is 2. The predicted octanol–water partition coefficient (Wildman–Crippen LogP) is 7.06. The van der Waals surface area contributed by atoms with E-state index in [4.69, 9.17) is 46.8 Å². The van der Waals surface area contributed by atoms with Crippen LogP contribution in [0.25, 0.3) is 16.5 Å². The molecule has 1 aliphatic carbocycles. The molecular formula is C95H120ClN13O20S4. The molecule has 5 aromatic carbocycles. The van der Waals surface area contributed by atoms with Crippen LogP contribution in [0.3, 0.4) is 0 Å². The molecule has 5 aliphatic rings. The highest BCUT2D eigenvalue weighted by molar-refractivity contribution is 8.77. The number of esters is 1. The Balaban J connectivity index is 0.788. The molecule has 4 aliphatic heterocycles. The number of hydrogen-bond donors (Lipinski definition) is 14. The van der Waals surface area contributed by atoms with Crippen molar-refractivity contribution in [3.63, 3.8) is 0 Å². The number of halogens is 1. The molecule has 0 saturated carbocycles. The van der Waals surface area contributed by atoms with Gasteiger partial charge < -0.3 is 102 Å². The summed E-state index contributed by atoms with van der Waals surface area (Å²) in [4.78, 5) is 182. The number of alkyl carbamates (subject to hydrolysis) is 1. The number of unbranched alkanes of at least 4 members (excludes halogenated alkanes) is 1. The van der Waals surface area contributed by atoms with Crippen molar-refractivity contribution in [2.75, 3.05) is 69.3 Å². The van der Waals surface area contributed by atoms with Crippen LogP contribution in [0.15, 0.2) is 151 Å². The van der Waals surface area contributed by atoms with Crippen molar-refractivity contribution in [2.24, 2.45) is 23.3 Å². The number of methoxy groups -OCH3 is 2. The molecule has 0 spiro atoms. The van der Waals surface area contributed by atoms with E-state index >= 15 is 19.2 Å². The number of phenols is 1. The van der Waals surface area contributed by atoms with E-state index in [2.05, 4.69) is 47.5 Å². The summed E-state index contributed by atoms with van der Waals surface area (Å²) >= 11 is 6.92. The molecule has 33 nitrogen and oxygen atoms in total. The van der Waals surface area contributed by atoms with E-state index in [1.54, 1.807) is 80.7 Å². The minimum absolute atomic E-state index is 0.0308. The van der Waals surface area contributed by atoms with Crippen molar-refractivity contribution in [1.29, 1.82) is 0 Å². The second kappa shape index (κ2) is 48.1. The van der Waals surface area contributed by atoms with Crippen LogP contribution >= 0.6 is 54.8 Å². The number of phenolic OH excluding ortho intramolecular Hbond substituents is 1. The maximum atomic E-state index is 15.3. The SMILES string of the molecule is COc1cc2cc(c1Cl)N(C)C(=O)C[C@H](OC(=O)[C@H](C)N(C)C(=O)CCSSCCNC(=O)[C@H](Cc1c[nH]c3ccccc13)NC(=O)[C@@H]1CSSC[C@H](NC(=O)[C@H](N)Cc3ccccc3)C(=O)C[C@@H](Cc3ccc(O)cc3)C(=O)N[C@H](CC3=CCc4ccccc43)C(=O)N[C@@H](CCCCN)C(=O)N[C@@H]([C@@H](C)O)C(=O)N1)[C@]1(C)O[C@H]1[C@H](C)[C@@H]1C[C@@](O)(NC(=O)O1)[C@H](OC)/C=C/C=C(\C)C2. The number of anilines is 1. The minimum atomic E-state index is -1.94. The molecule has 10 amide bonds. The standard InChI is InChI=1S/C95H120ClN13O20S4/c1-53-20-19-28-78(126-9)95(124)49-77(127-93(123)107-95)54(2)84-94(5,129-84)79(48-81(114)109(7)74-43-59(40-53)44-76(125-8)82(74)96)128-92(122)55(3)108(6)80(113)35-38-130-131-39-37-99-87(117)70(46-63-50-100-68-26-16-15-25-66(63)68)103-90(120)73-52-133-132-51-72(104-86(116)67(98)42-57-21-11-10-12-22-57)75(112)47-62(41-58-29-33-64(111)34-30-58)85(115)102-71(45-61-32-31-60-23-13-14-24-65(60)61)89(119)101-69(27-17-18-36-97)88(118)106-83(56(4)110)91(121)105-73/h10-16,19-26,28-30,32-34,43-44,50,54-56,62,67,69-73,77-79,83-84,100,110-111,124H,17-18,27,31,35-42,45-49,51-52,97-98H2,1-9H3,(H,99,117)(H,101,119)(H,102,115)(H,103,120)(H,104,116)(H,105,121)(H,106,118)(H,107,123)/b28-19+,53-20+/t54-,55+,56-,62-,67-,69+,70+,71-,72+,73+,77+,78-,79+,83+,84+,94+,95+/m1/s1. The van der Waals surface area contributed by atoms with E-state index in [0.717, 1.165) is 60.3 Å². The fourth-order valence-electron chi connectivity index (χ4n) is 16.6. The van der Waals surface area contributed by atoms with Crippen molar-refractivity contribution in [2.45, 2.75) is 208 Å². The molecule has 16 N–H and O–H groups in total. The van der Waals surface area contributed by atoms with Gasteiger partial charge in [-0.25, -0.2) is 9.59 Å². The van der Waals surface area contributed by atoms with E-state index in [1.165, 1.54) is 85.7 Å². The number of nitrogens with one attached hydrogen (secondary N) is 9. The number of amides is 10. The number of aliphatic hydroxyl groups excluding tert-OH is 1. The number of epoxide rings is 1. The Kier molecular flexibility index (Phi) is 37.3. The average Bonchev–Trinajstić information content (AvgIpc) is 1.57. The summed E-state index contributed by atoms with van der Waals surface area (Å²) in [6.07, 6.45) is 2.38. The number of allylic oxidation sites excluding steroid dienone is 4. The maximum absolute atomic E-state index is 15.3. The smallest absolute Gasteiger partial charge is 0.409 e. The molecule has 0 unspecified atom stereocenters. The molecular weight excluding hydrogens is 1810 g/mol. The van der Waals surface area contributed by atoms with Gasteiger partial charge in [0, 0.05) is 112 Å². The molecule has 3 saturated heterocycles. The summed E-state index contributed by atoms with van der Waals surface area (Å²) in [6.45, 7) is 8.29. The first-order chi connectivity index (χ1) is 63.6. The zero-order valence-corrected chi connectivity index (χ0v) is 79.8. The Morgan fingerprint density at radius 2 is 1.53 bits per heavy atom. The summed E-state index contributed by atoms with van der Waals surface area (Å²) in [6, 6.07) is 22.2. The first-order valence-electron chi connectivity index (χ1n) is 44.3. The monoisotopic (exact) mass is 1930 g/mol. The van der Waals surface area contributed by atoms with Crippen LogP contribution in [0.1, 0.15) is 119 Å². The minimum Gasteiger partial charge on any atom is -0.508 e. The van der Waals surface area contributed by atoms with Crippen LogP contribution < -0.4 is 63.6 Å². The number of para-hydroxylation sites is 1. The molecule has 133 heavy (non-hydrogen) atoms. The second-order valence-electron chi connectivity index (χ2n) is 34.4. The molecule has 3 fully saturated rings. The molecule has 1 aromatic heterocycles. The summed E-state index contributed by atoms with van der Waals surface area (Å²) < 4.78 is 29.8. The lowest BCUT2D eigenvalue weighted by molar-refractivity contribution is -0.162. The number of likely N-dealkylation sites (N-methyl/N-ethyl adjacent to an activating group) is 1. The molecule has 5 heterocycles. The van der Waals surface area contributed by atoms with Gasteiger partial charge in [-0.15, -0.1) is 0 Å². The number of carbonyl (C=O) groups excluding carboxylic acids is 12. The Morgan fingerprint density at radius 1 is 0.820 bits per heavy atom. The Hall–Kier alpha value is -10.4. The van der Waals surface area contributed by atoms with Crippen LogP contribution in [-0.4, -0.2) is 251 Å². The topological polar surface area (TPSA) is 486 Å². The van der Waals surface area contributed by atoms with Crippen LogP contribution in [0.5, 0.6) is 11.5 Å². The van der Waals surface area contributed by atoms with Crippen LogP contribution in [0, 0.1) is 11.8 Å². The maximum Gasteiger partial charge on any atom is 0.409 e. The van der Waals surface area contributed by atoms with Crippen LogP contribution in [-0.2, 0) is 104 Å². The molecule has 11 rings (SSSR count). The van der Waals surface area contributed by atoms with Gasteiger partial charge >= 0.3 is 12.1 Å². The number of aromatic hydroxyl groups is 1. The van der Waals surface area contributed by atoms with E-state index in [0.29, 0.717) is 53.8 Å². The van der Waals surface area contributed by atoms with Gasteiger partial charge in [-0.3, -0.25) is 53.3 Å². The molecule has 38 heteroatoms. The van der Waals surface area contributed by atoms with Crippen molar-refractivity contribution in [3.05, 3.63) is 190 Å². The molecule has 4 bridgehead atoms. The summed E-state index contributed by atoms with van der Waals surface area (Å²) in [7, 11) is 10.5. The van der Waals surface area contributed by atoms with E-state index < -0.39 is 186 Å². The van der Waals surface area contributed by atoms with Crippen LogP contribution in [0.2, 0.25) is 5.02 Å². The largest absolute Gasteiger partial charge is 0.508 e. The number of ketones is 1. The quantitative estimate of drug-likeness (QED) is 0.00928. The normalized spacial score (nSPS) is 25.7. The third-order valence-corrected chi connectivity index (χ3v) is 29.8. The Morgan fingerprint density at radius 3 is 2.26 bits per heavy atom. The fraction of sp³-hybridized carbons (Fsp3) is 0.474. The second-order valence-corrected chi connectivity index (χ2v) is 40.0. The number of nitrogens with zero attached hydrogens (tertiary/aromatic N) is 2. The predicted molar refractivity (Wildman–Crippen MR) is 512 cm³/mol. The van der Waals surface area contributed by atoms with Gasteiger partial charge in [-0.1, -0.05) is 177 Å². The number of carbonyl (C=O) groups is 12. The highest BCUT2D eigenvalue weighted by Gasteiger charge is 2.65. The van der Waals surface area contributed by atoms with Gasteiger partial charge in [0.1, 0.15) is 76.7 Å². The van der Waals surface area contributed by atoms with Gasteiger partial charge in [-0.05, 0) is 148 Å². The number of aromatic amines is 1. The summed E-state index contributed by atoms with van der Waals surface area (Å²) in [5.41, 5.74) is 16.3. The van der Waals surface area contributed by atoms with Crippen molar-refractivity contribution in [3.8, 4) is 11.5 Å². The zero-order chi connectivity index (χ0) is 96.0. The van der Waals surface area contributed by atoms with Crippen LogP contribution in [0.4, 0.5) is 10.5 Å². The highest BCUT2D eigenvalue weighted by Crippen LogP contribution is 2.50. The van der Waals surface area contributed by atoms with Gasteiger partial charge in [0.2, 0.25) is 53.2 Å². The van der Waals surface area contributed by atoms with Gasteiger partial charge in [0.05, 0.1) is 43.5 Å². The van der Waals surface area contributed by atoms with Gasteiger partial charge in [0.25, 0.3) is 0 Å². The number of rotatable bonds is 30. The van der Waals surface area contributed by atoms with E-state index in [-0.39, 0.29) is 91.8 Å². The third-order valence-electron chi connectivity index (χ3n) is 24.6. The number of benzene rings is 5. The number of aliphatic hydroxyl groups is 2. The number of Topliss-reactive ketones (excluding diaryl/α,β-unsaturated/α-hetero) is 1. The fourth-order valence-corrected chi connectivity index (χ4v) is 21.2. The van der Waals surface area contributed by atoms with E-state index in [9.17, 15) is 53.7 Å². The molecule has 716 valence electrons. The number of H-pyrrole nitrogens is 1. The Labute approximate surface area is 794 Å². The number of aromatic nitrogens is 1. The highest BCUT2D eigenvalue weighted by atomic mass is 35.5. The van der Waals surface area contributed by atoms with E-state index in [1.807, 2.05) is 73.7 Å². The first kappa shape index (κ1) is 103. The number of hydrogen-bond acceptors (Lipinski definition) is 26. The lowest BCUT2D eigenvalue weighted by atomic mass is 9.83. The third kappa shape index (κ3) is 27.7. The number of fused-ring (bicyclic) bond motifs is 7. The van der Waals surface area contributed by atoms with Crippen molar-refractivity contribution >= 4 is 148 Å². The number of ether oxygens (including phenoxy) is 5. The van der Waals surface area contributed by atoms with Gasteiger partial charge in [0.15, 0.2) is 11.5 Å². The lowest BCUT2D eigenvalue weighted by Gasteiger charge is -2.42. The molecule has 0 radical (unpaired) electrons. The lowest BCUT2D eigenvalue weighted by Crippen LogP contribution is -2.63.